The number of fused-ring (bicyclic) bond motifs is 1. The topological polar surface area (TPSA) is 278 Å². The molecule has 288 valence electrons. The van der Waals surface area contributed by atoms with Crippen LogP contribution in [0.1, 0.15) is 60.1 Å². The molecule has 5 rings (SSSR count). The Hall–Kier alpha value is -6.84. The average Bonchev–Trinajstić information content (AvgIpc) is 3.53. The van der Waals surface area contributed by atoms with E-state index in [-0.39, 0.29) is 65.3 Å². The molecule has 0 saturated carbocycles. The first-order valence-electron chi connectivity index (χ1n) is 16.2. The van der Waals surface area contributed by atoms with Gasteiger partial charge in [0.25, 0.3) is 6.47 Å². The normalized spacial score (nSPS) is 15.0. The number of rotatable bonds is 10. The molecule has 0 bridgehead atoms. The molecule has 16 nitrogen and oxygen atoms in total. The van der Waals surface area contributed by atoms with Crippen LogP contribution in [0.25, 0.3) is 0 Å². The van der Waals surface area contributed by atoms with Crippen LogP contribution in [0.2, 0.25) is 0 Å². The molecule has 4 aromatic carbocycles. The summed E-state index contributed by atoms with van der Waals surface area (Å²) in [5.74, 6) is -5.14. The van der Waals surface area contributed by atoms with Crippen LogP contribution in [0.4, 0.5) is 0 Å². The molecule has 0 aromatic heterocycles. The van der Waals surface area contributed by atoms with Crippen LogP contribution in [0, 0.1) is 6.92 Å². The number of carboxylic acid groups (broad SMARTS) is 2. The van der Waals surface area contributed by atoms with Crippen molar-refractivity contribution in [2.75, 3.05) is 0 Å². The third-order valence-corrected chi connectivity index (χ3v) is 8.01. The maximum absolute atomic E-state index is 13.3. The standard InChI is InChI=1S/C25H24O8.C12H14O6.CH2O2/c1-12-3-6-18(28)24-21(12)22(23(33-24)15-5-8-17(27)20(30)11-15)25(31)32-13(2)9-14-4-7-16(26)19(29)10-14;1-2-11(15)18-10(12(16)17)6-7-3-4-8(13)9(14)5-7;2-1-3/h3-8,10-11,13,22-23,26-30H,9H2,1-2H3;3-5,10,13-14H,2,6H2,1H3,(H,16,17);1H,(H,2,3). The first-order chi connectivity index (χ1) is 25.5. The molecule has 0 fully saturated rings. The number of esters is 2. The van der Waals surface area contributed by atoms with Crippen molar-refractivity contribution in [2.45, 2.75) is 64.3 Å². The van der Waals surface area contributed by atoms with E-state index in [2.05, 4.69) is 0 Å². The number of carbonyl (C=O) groups excluding carboxylic acids is 2. The molecule has 4 atom stereocenters. The number of aromatic hydroxyl groups is 7. The molecule has 4 unspecified atom stereocenters. The van der Waals surface area contributed by atoms with Gasteiger partial charge < -0.3 is 60.2 Å². The van der Waals surface area contributed by atoms with E-state index in [4.69, 9.17) is 34.3 Å². The highest BCUT2D eigenvalue weighted by Crippen LogP contribution is 2.52. The molecule has 1 heterocycles. The largest absolute Gasteiger partial charge is 0.504 e. The number of phenols is 7. The molecule has 54 heavy (non-hydrogen) atoms. The Morgan fingerprint density at radius 2 is 1.24 bits per heavy atom. The van der Waals surface area contributed by atoms with Crippen molar-refractivity contribution in [1.82, 2.24) is 0 Å². The van der Waals surface area contributed by atoms with Gasteiger partial charge >= 0.3 is 17.9 Å². The van der Waals surface area contributed by atoms with Gasteiger partial charge in [-0.2, -0.15) is 0 Å². The Labute approximate surface area is 308 Å². The number of hydrogen-bond acceptors (Lipinski definition) is 14. The molecule has 1 aliphatic rings. The second-order valence-corrected chi connectivity index (χ2v) is 12.0. The van der Waals surface area contributed by atoms with Crippen LogP contribution in [-0.2, 0) is 41.5 Å². The summed E-state index contributed by atoms with van der Waals surface area (Å²) >= 11 is 0. The number of carboxylic acids is 1. The fraction of sp³-hybridized carbons (Fsp3) is 0.263. The third-order valence-electron chi connectivity index (χ3n) is 8.01. The molecule has 0 saturated heterocycles. The summed E-state index contributed by atoms with van der Waals surface area (Å²) in [6.45, 7) is 4.81. The van der Waals surface area contributed by atoms with Gasteiger partial charge in [-0.3, -0.25) is 14.4 Å². The molecule has 0 radical (unpaired) electrons. The molecular weight excluding hydrogens is 712 g/mol. The summed E-state index contributed by atoms with van der Waals surface area (Å²) in [7, 11) is 0. The SMILES string of the molecule is CCC(=O)OC(Cc1ccc(O)c(O)c1)C(=O)O.Cc1ccc(O)c2c1C(C(=O)OC(C)Cc1ccc(O)c(O)c1)C(c1ccc(O)c(O)c1)O2.O=CO. The van der Waals surface area contributed by atoms with Crippen LogP contribution in [0.3, 0.4) is 0 Å². The predicted molar refractivity (Wildman–Crippen MR) is 188 cm³/mol. The minimum absolute atomic E-state index is 0.0745. The van der Waals surface area contributed by atoms with Gasteiger partial charge in [-0.05, 0) is 78.6 Å². The van der Waals surface area contributed by atoms with Gasteiger partial charge in [-0.15, -0.1) is 0 Å². The molecule has 1 aliphatic heterocycles. The van der Waals surface area contributed by atoms with Crippen molar-refractivity contribution < 1.29 is 79.3 Å². The molecule has 9 N–H and O–H groups in total. The summed E-state index contributed by atoms with van der Waals surface area (Å²) in [5, 5.41) is 83.3. The van der Waals surface area contributed by atoms with E-state index < -0.39 is 42.1 Å². The highest BCUT2D eigenvalue weighted by molar-refractivity contribution is 5.83. The Morgan fingerprint density at radius 1 is 0.741 bits per heavy atom. The fourth-order valence-corrected chi connectivity index (χ4v) is 5.44. The van der Waals surface area contributed by atoms with Crippen LogP contribution in [0.5, 0.6) is 46.0 Å². The van der Waals surface area contributed by atoms with Gasteiger partial charge in [0.1, 0.15) is 18.1 Å². The van der Waals surface area contributed by atoms with Crippen LogP contribution in [0.15, 0.2) is 66.7 Å². The summed E-state index contributed by atoms with van der Waals surface area (Å²) in [5.41, 5.74) is 2.76. The fourth-order valence-electron chi connectivity index (χ4n) is 5.44. The van der Waals surface area contributed by atoms with E-state index in [1.54, 1.807) is 32.9 Å². The molecule has 16 heteroatoms. The number of benzene rings is 4. The van der Waals surface area contributed by atoms with Gasteiger partial charge in [-0.1, -0.05) is 31.2 Å². The van der Waals surface area contributed by atoms with Crippen molar-refractivity contribution in [3.63, 3.8) is 0 Å². The Balaban J connectivity index is 0.000000315. The molecule has 0 spiro atoms. The van der Waals surface area contributed by atoms with Crippen LogP contribution < -0.4 is 4.74 Å². The monoisotopic (exact) mass is 752 g/mol. The highest BCUT2D eigenvalue weighted by Gasteiger charge is 2.44. The second kappa shape index (κ2) is 18.6. The quantitative estimate of drug-likeness (QED) is 0.0605. The van der Waals surface area contributed by atoms with E-state index in [9.17, 15) is 45.0 Å². The zero-order valence-corrected chi connectivity index (χ0v) is 29.2. The van der Waals surface area contributed by atoms with Crippen molar-refractivity contribution in [1.29, 1.82) is 0 Å². The smallest absolute Gasteiger partial charge is 0.345 e. The number of hydrogen-bond donors (Lipinski definition) is 9. The van der Waals surface area contributed by atoms with Gasteiger partial charge in [0.15, 0.2) is 46.0 Å². The Morgan fingerprint density at radius 3 is 1.74 bits per heavy atom. The molecule has 0 amide bonds. The molecule has 0 aliphatic carbocycles. The number of ether oxygens (including phenoxy) is 3. The van der Waals surface area contributed by atoms with Gasteiger partial charge in [0, 0.05) is 24.8 Å². The summed E-state index contributed by atoms with van der Waals surface area (Å²) in [6, 6.07) is 15.6. The van der Waals surface area contributed by atoms with Gasteiger partial charge in [-0.25, -0.2) is 4.79 Å². The lowest BCUT2D eigenvalue weighted by Gasteiger charge is -2.22. The maximum atomic E-state index is 13.3. The van der Waals surface area contributed by atoms with Crippen molar-refractivity contribution in [2.24, 2.45) is 0 Å². The Kier molecular flexibility index (Phi) is 14.3. The van der Waals surface area contributed by atoms with Crippen molar-refractivity contribution >= 4 is 24.4 Å². The van der Waals surface area contributed by atoms with E-state index in [0.29, 0.717) is 28.7 Å². The van der Waals surface area contributed by atoms with Gasteiger partial charge in [0.2, 0.25) is 6.10 Å². The number of phenolic OH excluding ortho intramolecular Hbond substituents is 7. The average molecular weight is 753 g/mol. The predicted octanol–water partition coefficient (Wildman–Crippen LogP) is 4.66. The van der Waals surface area contributed by atoms with E-state index >= 15 is 0 Å². The highest BCUT2D eigenvalue weighted by atomic mass is 16.6. The second-order valence-electron chi connectivity index (χ2n) is 12.0. The molecule has 4 aromatic rings. The van der Waals surface area contributed by atoms with E-state index in [1.165, 1.54) is 54.6 Å². The lowest BCUT2D eigenvalue weighted by Crippen LogP contribution is -2.28. The lowest BCUT2D eigenvalue weighted by molar-refractivity contribution is -0.163. The minimum atomic E-state index is -1.30. The van der Waals surface area contributed by atoms with Gasteiger partial charge in [0.05, 0.1) is 0 Å². The zero-order chi connectivity index (χ0) is 40.3. The molecular formula is C38H40O16. The minimum Gasteiger partial charge on any atom is -0.504 e. The number of aliphatic carboxylic acids is 1. The number of aryl methyl sites for hydroxylation is 1. The summed E-state index contributed by atoms with van der Waals surface area (Å²) in [6.07, 6.45) is -2.46. The van der Waals surface area contributed by atoms with Crippen molar-refractivity contribution in [3.8, 4) is 46.0 Å². The summed E-state index contributed by atoms with van der Waals surface area (Å²) in [4.78, 5) is 43.7. The zero-order valence-electron chi connectivity index (χ0n) is 29.2. The third kappa shape index (κ3) is 10.6. The van der Waals surface area contributed by atoms with Crippen LogP contribution >= 0.6 is 0 Å². The van der Waals surface area contributed by atoms with E-state index in [0.717, 1.165) is 5.56 Å². The van der Waals surface area contributed by atoms with Crippen LogP contribution in [-0.4, -0.2) is 82.5 Å². The maximum Gasteiger partial charge on any atom is 0.345 e. The lowest BCUT2D eigenvalue weighted by atomic mass is 9.88. The summed E-state index contributed by atoms with van der Waals surface area (Å²) < 4.78 is 16.4. The Bertz CT molecular complexity index is 1970. The van der Waals surface area contributed by atoms with Crippen molar-refractivity contribution in [3.05, 3.63) is 94.5 Å². The first-order valence-corrected chi connectivity index (χ1v) is 16.2. The van der Waals surface area contributed by atoms with E-state index in [1.807, 2.05) is 0 Å². The number of carbonyl (C=O) groups is 4. The first kappa shape index (κ1) is 41.6.